The zero-order chi connectivity index (χ0) is 56.1. The van der Waals surface area contributed by atoms with Crippen LogP contribution in [-0.2, 0) is 42.9 Å². The zero-order valence-electron chi connectivity index (χ0n) is 48.7. The molecule has 0 amide bonds. The molecule has 1 saturated heterocycles. The number of unbranched alkanes of at least 4 members (excludes halogenated alkanes) is 26. The van der Waals surface area contributed by atoms with E-state index in [1.807, 2.05) is 12.2 Å². The number of carbonyl (C=O) groups excluding carboxylic acids is 3. The topological polar surface area (TPSA) is 175 Å². The van der Waals surface area contributed by atoms with Crippen LogP contribution in [-0.4, -0.2) is 89.2 Å². The molecule has 12 nitrogen and oxygen atoms in total. The number of carboxylic acid groups (broad SMARTS) is 1. The summed E-state index contributed by atoms with van der Waals surface area (Å²) in [5.74, 6) is -3.23. The van der Waals surface area contributed by atoms with Crippen LogP contribution in [0.5, 0.6) is 0 Å². The summed E-state index contributed by atoms with van der Waals surface area (Å²) in [6, 6.07) is 0. The number of aliphatic hydroxyl groups excluding tert-OH is 2. The molecule has 1 aliphatic heterocycles. The Balaban J connectivity index is 2.69. The minimum absolute atomic E-state index is 0.0395. The average molecular weight is 1080 g/mol. The van der Waals surface area contributed by atoms with Gasteiger partial charge in [0.2, 0.25) is 0 Å². The minimum Gasteiger partial charge on any atom is -0.479 e. The fraction of sp³-hybridized carbons (Fsp3) is 0.754. The second-order valence-electron chi connectivity index (χ2n) is 21.0. The summed E-state index contributed by atoms with van der Waals surface area (Å²) in [5.41, 5.74) is 0. The van der Waals surface area contributed by atoms with E-state index in [0.29, 0.717) is 25.7 Å². The molecule has 6 unspecified atom stereocenters. The van der Waals surface area contributed by atoms with E-state index >= 15 is 0 Å². The third-order valence-corrected chi connectivity index (χ3v) is 13.8. The van der Waals surface area contributed by atoms with Crippen LogP contribution in [0.2, 0.25) is 0 Å². The number of allylic oxidation sites excluding steroid dienone is 12. The Kier molecular flexibility index (Phi) is 48.8. The van der Waals surface area contributed by atoms with Crippen LogP contribution in [0.15, 0.2) is 72.9 Å². The Morgan fingerprint density at radius 3 is 1.32 bits per heavy atom. The maximum atomic E-state index is 13.1. The van der Waals surface area contributed by atoms with Crippen molar-refractivity contribution >= 4 is 23.9 Å². The summed E-state index contributed by atoms with van der Waals surface area (Å²) < 4.78 is 28.4. The van der Waals surface area contributed by atoms with Crippen LogP contribution in [0.3, 0.4) is 0 Å². The summed E-state index contributed by atoms with van der Waals surface area (Å²) >= 11 is 0. The van der Waals surface area contributed by atoms with Crippen LogP contribution in [0.4, 0.5) is 0 Å². The van der Waals surface area contributed by atoms with Crippen molar-refractivity contribution < 1.29 is 58.2 Å². The summed E-state index contributed by atoms with van der Waals surface area (Å²) in [4.78, 5) is 51.1. The SMILES string of the molecule is CC/C=C\C/C=C\C/C=C\C/C=C\CCC(=O)OC(COC(=O)CCCCCCCCC/C=C\C/C=C\CCCCC)COC1OC(C(=O)O)C(O)C(O)C1OC(=O)CCCCCCCCCCCCCCCCCCC. The Morgan fingerprint density at radius 2 is 0.844 bits per heavy atom. The fourth-order valence-corrected chi connectivity index (χ4v) is 9.06. The molecule has 6 atom stereocenters. The second-order valence-corrected chi connectivity index (χ2v) is 21.0. The lowest BCUT2D eigenvalue weighted by atomic mass is 9.98. The van der Waals surface area contributed by atoms with E-state index in [2.05, 4.69) is 81.5 Å². The first-order chi connectivity index (χ1) is 37.6. The highest BCUT2D eigenvalue weighted by atomic mass is 16.7. The molecule has 0 radical (unpaired) electrons. The first-order valence-corrected chi connectivity index (χ1v) is 30.9. The van der Waals surface area contributed by atoms with E-state index in [4.69, 9.17) is 23.7 Å². The van der Waals surface area contributed by atoms with Gasteiger partial charge < -0.3 is 39.0 Å². The molecule has 1 heterocycles. The molecule has 0 spiro atoms. The largest absolute Gasteiger partial charge is 0.479 e. The van der Waals surface area contributed by atoms with Crippen molar-refractivity contribution in [1.29, 1.82) is 0 Å². The first kappa shape index (κ1) is 71.2. The van der Waals surface area contributed by atoms with Gasteiger partial charge in [-0.05, 0) is 77.0 Å². The third-order valence-electron chi connectivity index (χ3n) is 13.8. The van der Waals surface area contributed by atoms with Crippen molar-refractivity contribution in [1.82, 2.24) is 0 Å². The van der Waals surface area contributed by atoms with Gasteiger partial charge >= 0.3 is 23.9 Å². The lowest BCUT2D eigenvalue weighted by molar-refractivity contribution is -0.301. The number of carboxylic acids is 1. The Morgan fingerprint density at radius 1 is 0.442 bits per heavy atom. The summed E-state index contributed by atoms with van der Waals surface area (Å²) in [6.45, 7) is 5.80. The van der Waals surface area contributed by atoms with E-state index in [0.717, 1.165) is 83.5 Å². The zero-order valence-corrected chi connectivity index (χ0v) is 48.7. The normalized spacial score (nSPS) is 18.5. The number of esters is 3. The predicted octanol–water partition coefficient (Wildman–Crippen LogP) is 16.1. The maximum Gasteiger partial charge on any atom is 0.335 e. The van der Waals surface area contributed by atoms with Gasteiger partial charge in [-0.3, -0.25) is 14.4 Å². The van der Waals surface area contributed by atoms with Crippen molar-refractivity contribution in [3.63, 3.8) is 0 Å². The molecule has 442 valence electrons. The molecular weight excluding hydrogens is 973 g/mol. The van der Waals surface area contributed by atoms with Gasteiger partial charge in [-0.25, -0.2) is 4.79 Å². The Bertz CT molecular complexity index is 1620. The third kappa shape index (κ3) is 42.7. The molecule has 0 bridgehead atoms. The molecule has 1 rings (SSSR count). The van der Waals surface area contributed by atoms with Crippen molar-refractivity contribution in [3.8, 4) is 0 Å². The van der Waals surface area contributed by atoms with Crippen molar-refractivity contribution in [2.75, 3.05) is 13.2 Å². The van der Waals surface area contributed by atoms with Gasteiger partial charge in [0.05, 0.1) is 6.61 Å². The highest BCUT2D eigenvalue weighted by Gasteiger charge is 2.50. The maximum absolute atomic E-state index is 13.1. The Labute approximate surface area is 468 Å². The number of aliphatic hydroxyl groups is 2. The van der Waals surface area contributed by atoms with Crippen LogP contribution in [0.1, 0.15) is 265 Å². The monoisotopic (exact) mass is 1080 g/mol. The lowest BCUT2D eigenvalue weighted by Gasteiger charge is -2.40. The number of hydrogen-bond acceptors (Lipinski definition) is 11. The number of hydrogen-bond donors (Lipinski definition) is 3. The molecule has 12 heteroatoms. The van der Waals surface area contributed by atoms with Crippen molar-refractivity contribution in [3.05, 3.63) is 72.9 Å². The molecule has 0 saturated carbocycles. The van der Waals surface area contributed by atoms with E-state index in [-0.39, 0.29) is 25.9 Å². The molecule has 1 fully saturated rings. The molecule has 0 aromatic carbocycles. The fourth-order valence-electron chi connectivity index (χ4n) is 9.06. The quantitative estimate of drug-likeness (QED) is 0.0228. The highest BCUT2D eigenvalue weighted by molar-refractivity contribution is 5.74. The van der Waals surface area contributed by atoms with E-state index in [1.165, 1.54) is 116 Å². The van der Waals surface area contributed by atoms with Gasteiger partial charge in [-0.1, -0.05) is 241 Å². The smallest absolute Gasteiger partial charge is 0.335 e. The van der Waals surface area contributed by atoms with Crippen LogP contribution in [0.25, 0.3) is 0 Å². The minimum atomic E-state index is -1.91. The predicted molar refractivity (Wildman–Crippen MR) is 312 cm³/mol. The molecule has 0 aromatic heterocycles. The number of aliphatic carboxylic acids is 1. The summed E-state index contributed by atoms with van der Waals surface area (Å²) in [7, 11) is 0. The van der Waals surface area contributed by atoms with E-state index < -0.39 is 67.3 Å². The molecule has 1 aliphatic rings. The van der Waals surface area contributed by atoms with Gasteiger partial charge in [0, 0.05) is 19.3 Å². The molecule has 0 aliphatic carbocycles. The lowest BCUT2D eigenvalue weighted by Crippen LogP contribution is -2.61. The van der Waals surface area contributed by atoms with E-state index in [1.54, 1.807) is 0 Å². The molecular formula is C65H110O12. The van der Waals surface area contributed by atoms with Crippen LogP contribution < -0.4 is 0 Å². The van der Waals surface area contributed by atoms with Crippen molar-refractivity contribution in [2.45, 2.75) is 302 Å². The molecule has 77 heavy (non-hydrogen) atoms. The second kappa shape index (κ2) is 52.8. The molecule has 0 aromatic rings. The summed E-state index contributed by atoms with van der Waals surface area (Å²) in [6.07, 6.45) is 54.6. The van der Waals surface area contributed by atoms with Gasteiger partial charge in [0.15, 0.2) is 24.6 Å². The Hall–Kier alpha value is -3.84. The highest BCUT2D eigenvalue weighted by Crippen LogP contribution is 2.26. The summed E-state index contributed by atoms with van der Waals surface area (Å²) in [5, 5.41) is 31.5. The number of rotatable bonds is 52. The van der Waals surface area contributed by atoms with Gasteiger partial charge in [-0.15, -0.1) is 0 Å². The average Bonchev–Trinajstić information content (AvgIpc) is 3.42. The number of carbonyl (C=O) groups is 4. The van der Waals surface area contributed by atoms with Gasteiger partial charge in [0.1, 0.15) is 18.8 Å². The van der Waals surface area contributed by atoms with E-state index in [9.17, 15) is 34.5 Å². The van der Waals surface area contributed by atoms with Crippen LogP contribution in [0, 0.1) is 0 Å². The van der Waals surface area contributed by atoms with Gasteiger partial charge in [-0.2, -0.15) is 0 Å². The standard InChI is InChI=1S/C65H110O12/c1-4-7-10-13-16-19-22-25-27-29-31-34-36-39-42-45-48-51-57(66)73-54-56(75-58(67)52-49-46-43-40-37-33-24-21-18-15-12-9-6-3)55-74-65-63(61(70)60(69)62(77-65)64(71)72)76-59(68)53-50-47-44-41-38-35-32-30-28-26-23-20-17-14-11-8-5-2/h9,12,16,18-19,21,25,27,33,37,43,46,56,60-63,65,69-70H,4-8,10-11,13-15,17,20,22-24,26,28-32,34-36,38-42,44-45,47-55H2,1-3H3,(H,71,72)/b12-9-,19-16-,21-18-,27-25-,37-33-,46-43-. The van der Waals surface area contributed by atoms with Crippen LogP contribution >= 0.6 is 0 Å². The first-order valence-electron chi connectivity index (χ1n) is 30.9. The molecule has 3 N–H and O–H groups in total. The van der Waals surface area contributed by atoms with Crippen molar-refractivity contribution in [2.24, 2.45) is 0 Å². The number of ether oxygens (including phenoxy) is 5. The van der Waals surface area contributed by atoms with Gasteiger partial charge in [0.25, 0.3) is 0 Å².